The number of hydrogen-bond acceptors (Lipinski definition) is 0. The zero-order valence-electron chi connectivity index (χ0n) is 6.28. The van der Waals surface area contributed by atoms with E-state index in [9.17, 15) is 0 Å². The van der Waals surface area contributed by atoms with E-state index in [1.54, 1.807) is 0 Å². The van der Waals surface area contributed by atoms with Gasteiger partial charge in [0.15, 0.2) is 0 Å². The van der Waals surface area contributed by atoms with E-state index in [1.165, 1.54) is 12.8 Å². The van der Waals surface area contributed by atoms with Crippen LogP contribution in [0.3, 0.4) is 0 Å². The van der Waals surface area contributed by atoms with Crippen LogP contribution in [0.4, 0.5) is 0 Å². The molecule has 0 nitrogen and oxygen atoms in total. The van der Waals surface area contributed by atoms with Crippen molar-refractivity contribution in [1.82, 2.24) is 0 Å². The lowest BCUT2D eigenvalue weighted by molar-refractivity contribution is 0.518. The maximum atomic E-state index is 3.53. The van der Waals surface area contributed by atoms with Crippen molar-refractivity contribution in [2.45, 2.75) is 35.3 Å². The Kier molecular flexibility index (Phi) is 6.88. The Morgan fingerprint density at radius 3 is 1.80 bits per heavy atom. The Morgan fingerprint density at radius 2 is 1.50 bits per heavy atom. The smallest absolute Gasteiger partial charge is 0.0700 e. The fourth-order valence-corrected chi connectivity index (χ4v) is 2.87. The molecule has 0 aromatic carbocycles. The number of rotatable bonds is 4. The van der Waals surface area contributed by atoms with E-state index >= 15 is 0 Å². The van der Waals surface area contributed by atoms with Crippen LogP contribution >= 0.6 is 47.8 Å². The molecule has 0 N–H and O–H groups in total. The van der Waals surface area contributed by atoms with Crippen molar-refractivity contribution in [1.29, 1.82) is 0 Å². The molecule has 0 aliphatic carbocycles. The Bertz CT molecular complexity index is 70.9. The third-order valence-electron chi connectivity index (χ3n) is 1.31. The summed E-state index contributed by atoms with van der Waals surface area (Å²) in [6.07, 6.45) is 2.43. The molecule has 0 bridgehead atoms. The van der Waals surface area contributed by atoms with Crippen molar-refractivity contribution < 1.29 is 0 Å². The first kappa shape index (κ1) is 11.4. The predicted molar refractivity (Wildman–Crippen MR) is 58.4 cm³/mol. The lowest BCUT2D eigenvalue weighted by Gasteiger charge is -2.12. The highest BCUT2D eigenvalue weighted by Crippen LogP contribution is 2.23. The maximum absolute atomic E-state index is 3.53. The van der Waals surface area contributed by atoms with Gasteiger partial charge < -0.3 is 0 Å². The van der Waals surface area contributed by atoms with Gasteiger partial charge >= 0.3 is 0 Å². The minimum atomic E-state index is 0.473. The molecule has 3 heteroatoms. The van der Waals surface area contributed by atoms with E-state index in [2.05, 4.69) is 61.6 Å². The van der Waals surface area contributed by atoms with Gasteiger partial charge in [0.05, 0.1) is 3.74 Å². The van der Waals surface area contributed by atoms with E-state index in [0.29, 0.717) is 8.56 Å². The first-order valence-corrected chi connectivity index (χ1v) is 6.19. The average molecular weight is 337 g/mol. The van der Waals surface area contributed by atoms with E-state index in [-0.39, 0.29) is 0 Å². The van der Waals surface area contributed by atoms with Gasteiger partial charge in [-0.2, -0.15) is 0 Å². The van der Waals surface area contributed by atoms with Crippen LogP contribution in [-0.2, 0) is 0 Å². The van der Waals surface area contributed by atoms with Gasteiger partial charge in [0.25, 0.3) is 0 Å². The van der Waals surface area contributed by atoms with E-state index in [0.717, 1.165) is 5.92 Å². The molecule has 0 aliphatic rings. The molecule has 0 aliphatic heterocycles. The van der Waals surface area contributed by atoms with E-state index in [4.69, 9.17) is 0 Å². The first-order valence-electron chi connectivity index (χ1n) is 3.44. The van der Waals surface area contributed by atoms with Crippen LogP contribution in [0.2, 0.25) is 0 Å². The summed E-state index contributed by atoms with van der Waals surface area (Å²) in [7, 11) is 0. The van der Waals surface area contributed by atoms with Gasteiger partial charge in [-0.05, 0) is 18.8 Å². The van der Waals surface area contributed by atoms with Crippen molar-refractivity contribution >= 4 is 47.8 Å². The summed E-state index contributed by atoms with van der Waals surface area (Å²) < 4.78 is 0.473. The normalized spacial score (nSPS) is 17.4. The van der Waals surface area contributed by atoms with Crippen molar-refractivity contribution in [3.8, 4) is 0 Å². The van der Waals surface area contributed by atoms with Crippen LogP contribution in [-0.4, -0.2) is 8.56 Å². The zero-order valence-corrected chi connectivity index (χ0v) is 11.0. The van der Waals surface area contributed by atoms with Gasteiger partial charge in [0.1, 0.15) is 0 Å². The third-order valence-corrected chi connectivity index (χ3v) is 2.43. The quantitative estimate of drug-likeness (QED) is 0.671. The molecule has 0 radical (unpaired) electrons. The molecular formula is C7H13Br3. The van der Waals surface area contributed by atoms with Crippen molar-refractivity contribution in [3.63, 3.8) is 0 Å². The Morgan fingerprint density at radius 1 is 1.00 bits per heavy atom. The van der Waals surface area contributed by atoms with Crippen LogP contribution in [0.1, 0.15) is 26.7 Å². The molecule has 0 saturated carbocycles. The highest BCUT2D eigenvalue weighted by molar-refractivity contribution is 9.24. The monoisotopic (exact) mass is 334 g/mol. The molecule has 0 saturated heterocycles. The largest absolute Gasteiger partial charge is 0.0894 e. The molecular weight excluding hydrogens is 324 g/mol. The standard InChI is InChI=1S/C7H13Br3/c1-5(3-6(2)8)4-7(9)10/h5-7H,3-4H2,1-2H3. The minimum Gasteiger partial charge on any atom is -0.0894 e. The SMILES string of the molecule is CC(Br)CC(C)CC(Br)Br. The lowest BCUT2D eigenvalue weighted by Crippen LogP contribution is -2.04. The van der Waals surface area contributed by atoms with Gasteiger partial charge in [-0.25, -0.2) is 0 Å². The van der Waals surface area contributed by atoms with Gasteiger partial charge in [0.2, 0.25) is 0 Å². The summed E-state index contributed by atoms with van der Waals surface area (Å²) in [6, 6.07) is 0. The molecule has 10 heavy (non-hydrogen) atoms. The van der Waals surface area contributed by atoms with Crippen molar-refractivity contribution in [2.75, 3.05) is 0 Å². The van der Waals surface area contributed by atoms with E-state index in [1.807, 2.05) is 0 Å². The lowest BCUT2D eigenvalue weighted by atomic mass is 10.0. The molecule has 0 rings (SSSR count). The molecule has 0 aromatic rings. The van der Waals surface area contributed by atoms with Crippen LogP contribution in [0.15, 0.2) is 0 Å². The summed E-state index contributed by atoms with van der Waals surface area (Å²) in [5, 5.41) is 0. The second-order valence-corrected chi connectivity index (χ2v) is 7.75. The maximum Gasteiger partial charge on any atom is 0.0700 e. The fraction of sp³-hybridized carbons (Fsp3) is 1.00. The average Bonchev–Trinajstić information content (AvgIpc) is 1.58. The van der Waals surface area contributed by atoms with Crippen LogP contribution < -0.4 is 0 Å². The van der Waals surface area contributed by atoms with Gasteiger partial charge in [-0.1, -0.05) is 61.6 Å². The molecule has 0 fully saturated rings. The molecule has 0 aromatic heterocycles. The van der Waals surface area contributed by atoms with Crippen LogP contribution in [0.5, 0.6) is 0 Å². The molecule has 62 valence electrons. The van der Waals surface area contributed by atoms with Gasteiger partial charge in [-0.15, -0.1) is 0 Å². The van der Waals surface area contributed by atoms with Crippen molar-refractivity contribution in [3.05, 3.63) is 0 Å². The van der Waals surface area contributed by atoms with E-state index < -0.39 is 0 Å². The summed E-state index contributed by atoms with van der Waals surface area (Å²) in [5.74, 6) is 0.776. The zero-order chi connectivity index (χ0) is 8.15. The summed E-state index contributed by atoms with van der Waals surface area (Å²) >= 11 is 10.5. The first-order chi connectivity index (χ1) is 4.52. The molecule has 0 amide bonds. The molecule has 0 heterocycles. The molecule has 0 spiro atoms. The number of halogens is 3. The van der Waals surface area contributed by atoms with Crippen LogP contribution in [0, 0.1) is 5.92 Å². The number of alkyl halides is 3. The second kappa shape index (κ2) is 6.01. The third kappa shape index (κ3) is 7.55. The predicted octanol–water partition coefficient (Wildman–Crippen LogP) is 4.30. The highest BCUT2D eigenvalue weighted by Gasteiger charge is 2.08. The summed E-state index contributed by atoms with van der Waals surface area (Å²) in [4.78, 5) is 0.640. The number of hydrogen-bond donors (Lipinski definition) is 0. The molecule has 2 atom stereocenters. The topological polar surface area (TPSA) is 0 Å². The highest BCUT2D eigenvalue weighted by atomic mass is 79.9. The summed E-state index contributed by atoms with van der Waals surface area (Å²) in [6.45, 7) is 4.46. The second-order valence-electron chi connectivity index (χ2n) is 2.75. The Hall–Kier alpha value is 1.44. The Balaban J connectivity index is 3.34. The summed E-state index contributed by atoms with van der Waals surface area (Å²) in [5.41, 5.74) is 0. The van der Waals surface area contributed by atoms with Crippen molar-refractivity contribution in [2.24, 2.45) is 5.92 Å². The fourth-order valence-electron chi connectivity index (χ4n) is 0.955. The Labute approximate surface area is 88.5 Å². The molecule has 2 unspecified atom stereocenters. The minimum absolute atomic E-state index is 0.473. The van der Waals surface area contributed by atoms with Crippen LogP contribution in [0.25, 0.3) is 0 Å². The van der Waals surface area contributed by atoms with Gasteiger partial charge in [0, 0.05) is 4.83 Å². The van der Waals surface area contributed by atoms with Gasteiger partial charge in [-0.3, -0.25) is 0 Å².